The summed E-state index contributed by atoms with van der Waals surface area (Å²) >= 11 is 6.11. The van der Waals surface area contributed by atoms with Crippen molar-refractivity contribution in [2.75, 3.05) is 5.32 Å². The second kappa shape index (κ2) is 8.39. The number of rotatable bonds is 6. The Labute approximate surface area is 182 Å². The van der Waals surface area contributed by atoms with Gasteiger partial charge in [0.15, 0.2) is 0 Å². The maximum absolute atomic E-state index is 13.1. The number of carbonyl (C=O) groups is 1. The van der Waals surface area contributed by atoms with Crippen molar-refractivity contribution in [1.82, 2.24) is 18.7 Å². The third kappa shape index (κ3) is 3.86. The molecule has 0 aliphatic carbocycles. The third-order valence-electron chi connectivity index (χ3n) is 5.13. The zero-order valence-electron chi connectivity index (χ0n) is 17.3. The van der Waals surface area contributed by atoms with Gasteiger partial charge in [0.25, 0.3) is 5.56 Å². The lowest BCUT2D eigenvalue weighted by Crippen LogP contribution is -2.29. The SMILES string of the molecule is CCCn1c(=O)c2ccc(Cl)cc2n2c(=O)n(CC(=O)Nc3ccc(CC)cc3)nc12. The number of carbonyl (C=O) groups excluding carboxylic acids is 1. The van der Waals surface area contributed by atoms with Gasteiger partial charge in [-0.15, -0.1) is 5.10 Å². The molecule has 8 nitrogen and oxygen atoms in total. The summed E-state index contributed by atoms with van der Waals surface area (Å²) < 4.78 is 3.86. The van der Waals surface area contributed by atoms with Crippen LogP contribution in [-0.2, 0) is 24.3 Å². The Bertz CT molecular complexity index is 1400. The van der Waals surface area contributed by atoms with E-state index in [9.17, 15) is 14.4 Å². The summed E-state index contributed by atoms with van der Waals surface area (Å²) in [5, 5.41) is 7.85. The van der Waals surface area contributed by atoms with Crippen LogP contribution in [0.5, 0.6) is 0 Å². The highest BCUT2D eigenvalue weighted by Crippen LogP contribution is 2.17. The Balaban J connectivity index is 1.77. The number of hydrogen-bond acceptors (Lipinski definition) is 4. The van der Waals surface area contributed by atoms with Gasteiger partial charge in [-0.3, -0.25) is 14.2 Å². The maximum atomic E-state index is 13.1. The second-order valence-electron chi connectivity index (χ2n) is 7.29. The average Bonchev–Trinajstić information content (AvgIpc) is 3.07. The van der Waals surface area contributed by atoms with Crippen LogP contribution in [0.4, 0.5) is 5.69 Å². The van der Waals surface area contributed by atoms with E-state index in [1.54, 1.807) is 18.2 Å². The van der Waals surface area contributed by atoms with Gasteiger partial charge in [0.05, 0.1) is 10.9 Å². The Hall–Kier alpha value is -3.39. The van der Waals surface area contributed by atoms with Crippen LogP contribution < -0.4 is 16.6 Å². The van der Waals surface area contributed by atoms with E-state index < -0.39 is 5.69 Å². The number of nitrogens with one attached hydrogen (secondary N) is 1. The Morgan fingerprint density at radius 2 is 1.84 bits per heavy atom. The molecule has 0 radical (unpaired) electrons. The number of aromatic nitrogens is 4. The molecular formula is C22H22ClN5O3. The molecule has 0 bridgehead atoms. The number of anilines is 1. The standard InChI is InChI=1S/C22H22ClN5O3/c1-3-11-26-20(30)17-10-7-15(23)12-18(17)28-21(26)25-27(22(28)31)13-19(29)24-16-8-5-14(4-2)6-9-16/h5-10,12H,3-4,11,13H2,1-2H3,(H,24,29). The molecule has 4 rings (SSSR count). The van der Waals surface area contributed by atoms with E-state index in [2.05, 4.69) is 17.3 Å². The summed E-state index contributed by atoms with van der Waals surface area (Å²) in [5.41, 5.74) is 1.40. The second-order valence-corrected chi connectivity index (χ2v) is 7.73. The summed E-state index contributed by atoms with van der Waals surface area (Å²) in [6.07, 6.45) is 1.59. The number of fused-ring (bicyclic) bond motifs is 3. The fourth-order valence-corrected chi connectivity index (χ4v) is 3.74. The molecule has 2 aromatic heterocycles. The normalized spacial score (nSPS) is 11.3. The molecular weight excluding hydrogens is 418 g/mol. The zero-order valence-corrected chi connectivity index (χ0v) is 18.0. The van der Waals surface area contributed by atoms with Crippen LogP contribution in [0.15, 0.2) is 52.1 Å². The average molecular weight is 440 g/mol. The number of nitrogens with zero attached hydrogens (tertiary/aromatic N) is 4. The van der Waals surface area contributed by atoms with Crippen LogP contribution in [0.25, 0.3) is 16.7 Å². The van der Waals surface area contributed by atoms with Crippen molar-refractivity contribution in [3.05, 3.63) is 73.9 Å². The first-order valence-electron chi connectivity index (χ1n) is 10.1. The van der Waals surface area contributed by atoms with Crippen molar-refractivity contribution < 1.29 is 4.79 Å². The number of hydrogen-bond donors (Lipinski definition) is 1. The van der Waals surface area contributed by atoms with Crippen LogP contribution in [0.2, 0.25) is 5.02 Å². The van der Waals surface area contributed by atoms with Crippen molar-refractivity contribution in [2.24, 2.45) is 0 Å². The summed E-state index contributed by atoms with van der Waals surface area (Å²) in [6.45, 7) is 4.10. The molecule has 160 valence electrons. The van der Waals surface area contributed by atoms with Crippen molar-refractivity contribution in [3.8, 4) is 0 Å². The van der Waals surface area contributed by atoms with Crippen LogP contribution in [0.3, 0.4) is 0 Å². The molecule has 0 aliphatic rings. The molecule has 0 spiro atoms. The van der Waals surface area contributed by atoms with E-state index in [0.717, 1.165) is 16.7 Å². The first-order chi connectivity index (χ1) is 14.9. The molecule has 4 aromatic rings. The molecule has 0 atom stereocenters. The van der Waals surface area contributed by atoms with Crippen molar-refractivity contribution in [1.29, 1.82) is 0 Å². The third-order valence-corrected chi connectivity index (χ3v) is 5.36. The molecule has 9 heteroatoms. The lowest BCUT2D eigenvalue weighted by Gasteiger charge is -2.08. The Morgan fingerprint density at radius 3 is 2.52 bits per heavy atom. The van der Waals surface area contributed by atoms with Crippen LogP contribution in [0, 0.1) is 0 Å². The minimum Gasteiger partial charge on any atom is -0.324 e. The molecule has 31 heavy (non-hydrogen) atoms. The van der Waals surface area contributed by atoms with Gasteiger partial charge in [0.2, 0.25) is 11.7 Å². The quantitative estimate of drug-likeness (QED) is 0.500. The fourth-order valence-electron chi connectivity index (χ4n) is 3.58. The first kappa shape index (κ1) is 20.9. The predicted octanol–water partition coefficient (Wildman–Crippen LogP) is 3.08. The number of aryl methyl sites for hydroxylation is 2. The summed E-state index contributed by atoms with van der Waals surface area (Å²) in [5.74, 6) is -0.201. The number of benzene rings is 2. The van der Waals surface area contributed by atoms with Crippen molar-refractivity contribution in [3.63, 3.8) is 0 Å². The molecule has 2 aromatic carbocycles. The number of halogens is 1. The lowest BCUT2D eigenvalue weighted by atomic mass is 10.1. The highest BCUT2D eigenvalue weighted by Gasteiger charge is 2.18. The van der Waals surface area contributed by atoms with Crippen LogP contribution >= 0.6 is 11.6 Å². The molecule has 0 fully saturated rings. The minimum atomic E-state index is -0.511. The van der Waals surface area contributed by atoms with Gasteiger partial charge in [-0.05, 0) is 48.7 Å². The molecule has 0 saturated heterocycles. The van der Waals surface area contributed by atoms with E-state index in [1.165, 1.54) is 8.97 Å². The topological polar surface area (TPSA) is 90.4 Å². The van der Waals surface area contributed by atoms with Gasteiger partial charge in [-0.2, -0.15) is 0 Å². The molecule has 1 amide bonds. The first-order valence-corrected chi connectivity index (χ1v) is 10.5. The van der Waals surface area contributed by atoms with Gasteiger partial charge in [-0.25, -0.2) is 13.9 Å². The smallest absolute Gasteiger partial charge is 0.324 e. The fraction of sp³-hybridized carbons (Fsp3) is 0.273. The van der Waals surface area contributed by atoms with Gasteiger partial charge in [0.1, 0.15) is 6.54 Å². The van der Waals surface area contributed by atoms with Gasteiger partial charge < -0.3 is 5.32 Å². The Kier molecular flexibility index (Phi) is 5.65. The van der Waals surface area contributed by atoms with E-state index in [-0.39, 0.29) is 23.8 Å². The predicted molar refractivity (Wildman–Crippen MR) is 121 cm³/mol. The number of amides is 1. The van der Waals surface area contributed by atoms with Gasteiger partial charge in [-0.1, -0.05) is 37.6 Å². The molecule has 0 saturated carbocycles. The summed E-state index contributed by atoms with van der Waals surface area (Å²) in [6, 6.07) is 12.3. The molecule has 0 unspecified atom stereocenters. The molecule has 1 N–H and O–H groups in total. The van der Waals surface area contributed by atoms with Crippen LogP contribution in [-0.4, -0.2) is 24.7 Å². The van der Waals surface area contributed by atoms with Gasteiger partial charge in [0, 0.05) is 17.3 Å². The largest absolute Gasteiger partial charge is 0.352 e. The maximum Gasteiger partial charge on any atom is 0.352 e. The van der Waals surface area contributed by atoms with E-state index in [1.807, 2.05) is 31.2 Å². The highest BCUT2D eigenvalue weighted by molar-refractivity contribution is 6.31. The molecule has 0 aliphatic heterocycles. The molecule has 2 heterocycles. The van der Waals surface area contributed by atoms with Crippen molar-refractivity contribution >= 4 is 39.9 Å². The Morgan fingerprint density at radius 1 is 1.10 bits per heavy atom. The monoisotopic (exact) mass is 439 g/mol. The van der Waals surface area contributed by atoms with E-state index >= 15 is 0 Å². The van der Waals surface area contributed by atoms with Crippen LogP contribution in [0.1, 0.15) is 25.8 Å². The minimum absolute atomic E-state index is 0.187. The summed E-state index contributed by atoms with van der Waals surface area (Å²) in [7, 11) is 0. The van der Waals surface area contributed by atoms with E-state index in [4.69, 9.17) is 11.6 Å². The van der Waals surface area contributed by atoms with E-state index in [0.29, 0.717) is 34.6 Å². The summed E-state index contributed by atoms with van der Waals surface area (Å²) in [4.78, 5) is 38.6. The van der Waals surface area contributed by atoms with Crippen molar-refractivity contribution in [2.45, 2.75) is 39.8 Å². The van der Waals surface area contributed by atoms with Gasteiger partial charge >= 0.3 is 5.69 Å². The lowest BCUT2D eigenvalue weighted by molar-refractivity contribution is -0.117. The highest BCUT2D eigenvalue weighted by atomic mass is 35.5. The zero-order chi connectivity index (χ0) is 22.1.